The second-order valence-corrected chi connectivity index (χ2v) is 6.28. The first kappa shape index (κ1) is 20.9. The molecule has 4 rings (SSSR count). The number of aromatic nitrogens is 4. The van der Waals surface area contributed by atoms with Crippen molar-refractivity contribution in [3.8, 4) is 0 Å². The van der Waals surface area contributed by atoms with Crippen molar-refractivity contribution in [2.75, 3.05) is 6.61 Å². The molecular weight excluding hydrogens is 398 g/mol. The molecule has 0 bridgehead atoms. The number of esters is 1. The van der Waals surface area contributed by atoms with Gasteiger partial charge in [0.1, 0.15) is 11.6 Å². The average molecular weight is 416 g/mol. The topological polar surface area (TPSA) is 121 Å². The number of carbonyl (C=O) groups excluding carboxylic acids is 1. The minimum absolute atomic E-state index is 0.121. The number of aromatic amines is 2. The van der Waals surface area contributed by atoms with Gasteiger partial charge in [-0.1, -0.05) is 0 Å². The van der Waals surface area contributed by atoms with Crippen molar-refractivity contribution in [1.82, 2.24) is 20.4 Å². The molecule has 0 saturated carbocycles. The number of aliphatic carboxylic acids is 1. The Morgan fingerprint density at radius 3 is 1.90 bits per heavy atom. The maximum absolute atomic E-state index is 12.9. The Hall–Kier alpha value is -3.82. The lowest BCUT2D eigenvalue weighted by Gasteiger charge is -1.99. The second-order valence-electron chi connectivity index (χ2n) is 6.28. The number of H-pyrrole nitrogens is 2. The van der Waals surface area contributed by atoms with Crippen molar-refractivity contribution < 1.29 is 28.2 Å². The lowest BCUT2D eigenvalue weighted by molar-refractivity contribution is -0.142. The zero-order valence-corrected chi connectivity index (χ0v) is 15.9. The van der Waals surface area contributed by atoms with E-state index in [1.807, 2.05) is 0 Å². The molecule has 0 unspecified atom stereocenters. The van der Waals surface area contributed by atoms with Crippen LogP contribution in [0.4, 0.5) is 8.78 Å². The van der Waals surface area contributed by atoms with Crippen molar-refractivity contribution in [3.05, 3.63) is 59.4 Å². The molecule has 3 N–H and O–H groups in total. The lowest BCUT2D eigenvalue weighted by Crippen LogP contribution is -2.07. The molecule has 0 spiro atoms. The highest BCUT2D eigenvalue weighted by atomic mass is 19.1. The fourth-order valence-electron chi connectivity index (χ4n) is 2.86. The van der Waals surface area contributed by atoms with Crippen LogP contribution in [0.2, 0.25) is 0 Å². The molecule has 0 fully saturated rings. The standard InChI is InChI=1S/C11H11FN2O2.C9H7FN2O2/c1-2-16-11(15)6-10-8-4-3-7(12)5-9(8)13-14-10;10-5-1-2-6-7(3-5)11-12-8(6)4-9(13)14/h3-5H,2,6H2,1H3,(H,13,14);1-3H,4H2,(H,11,12)(H,13,14). The highest BCUT2D eigenvalue weighted by Gasteiger charge is 2.11. The quantitative estimate of drug-likeness (QED) is 0.430. The van der Waals surface area contributed by atoms with Gasteiger partial charge in [0.25, 0.3) is 0 Å². The fourth-order valence-corrected chi connectivity index (χ4v) is 2.86. The van der Waals surface area contributed by atoms with Gasteiger partial charge in [0.05, 0.1) is 41.9 Å². The van der Waals surface area contributed by atoms with E-state index in [2.05, 4.69) is 20.4 Å². The van der Waals surface area contributed by atoms with Crippen LogP contribution >= 0.6 is 0 Å². The first-order chi connectivity index (χ1) is 14.4. The van der Waals surface area contributed by atoms with Crippen molar-refractivity contribution in [1.29, 1.82) is 0 Å². The number of fused-ring (bicyclic) bond motifs is 2. The summed E-state index contributed by atoms with van der Waals surface area (Å²) in [6.07, 6.45) is -0.0158. The van der Waals surface area contributed by atoms with Gasteiger partial charge in [0.15, 0.2) is 0 Å². The largest absolute Gasteiger partial charge is 0.481 e. The van der Waals surface area contributed by atoms with Crippen molar-refractivity contribution >= 4 is 33.7 Å². The third-order valence-corrected chi connectivity index (χ3v) is 4.15. The van der Waals surface area contributed by atoms with E-state index in [9.17, 15) is 18.4 Å². The van der Waals surface area contributed by atoms with Crippen LogP contribution in [0.25, 0.3) is 21.8 Å². The number of carboxylic acid groups (broad SMARTS) is 1. The number of halogens is 2. The van der Waals surface area contributed by atoms with E-state index >= 15 is 0 Å². The lowest BCUT2D eigenvalue weighted by atomic mass is 10.1. The number of hydrogen-bond acceptors (Lipinski definition) is 5. The van der Waals surface area contributed by atoms with E-state index in [1.54, 1.807) is 13.0 Å². The van der Waals surface area contributed by atoms with Crippen molar-refractivity contribution in [3.63, 3.8) is 0 Å². The number of nitrogens with one attached hydrogen (secondary N) is 2. The molecule has 2 aromatic carbocycles. The molecular formula is C20H18F2N4O4. The summed E-state index contributed by atoms with van der Waals surface area (Å²) in [7, 11) is 0. The summed E-state index contributed by atoms with van der Waals surface area (Å²) < 4.78 is 30.4. The second kappa shape index (κ2) is 9.12. The minimum atomic E-state index is -0.945. The SMILES string of the molecule is CCOC(=O)Cc1[nH]nc2cc(F)ccc12.O=C(O)Cc1[nH]nc2cc(F)ccc12. The summed E-state index contributed by atoms with van der Waals surface area (Å²) in [5, 5.41) is 23.0. The smallest absolute Gasteiger partial charge is 0.311 e. The van der Waals surface area contributed by atoms with Gasteiger partial charge < -0.3 is 9.84 Å². The molecule has 0 atom stereocenters. The molecule has 0 saturated heterocycles. The molecule has 10 heteroatoms. The van der Waals surface area contributed by atoms with Gasteiger partial charge >= 0.3 is 11.9 Å². The number of hydrogen-bond donors (Lipinski definition) is 3. The number of benzene rings is 2. The normalized spacial score (nSPS) is 10.6. The molecule has 0 aliphatic carbocycles. The minimum Gasteiger partial charge on any atom is -0.481 e. The fraction of sp³-hybridized carbons (Fsp3) is 0.200. The van der Waals surface area contributed by atoms with Gasteiger partial charge in [-0.05, 0) is 31.2 Å². The molecule has 4 aromatic rings. The third kappa shape index (κ3) is 4.96. The Morgan fingerprint density at radius 2 is 1.43 bits per heavy atom. The Kier molecular flexibility index (Phi) is 6.35. The number of rotatable bonds is 5. The predicted octanol–water partition coefficient (Wildman–Crippen LogP) is 3.14. The molecule has 30 heavy (non-hydrogen) atoms. The first-order valence-electron chi connectivity index (χ1n) is 8.99. The van der Waals surface area contributed by atoms with Crippen LogP contribution in [0.15, 0.2) is 36.4 Å². The van der Waals surface area contributed by atoms with Crippen LogP contribution in [0, 0.1) is 11.6 Å². The summed E-state index contributed by atoms with van der Waals surface area (Å²) >= 11 is 0. The summed E-state index contributed by atoms with van der Waals surface area (Å²) in [5.74, 6) is -2.00. The highest BCUT2D eigenvalue weighted by Crippen LogP contribution is 2.18. The Balaban J connectivity index is 0.000000172. The third-order valence-electron chi connectivity index (χ3n) is 4.15. The van der Waals surface area contributed by atoms with Crippen LogP contribution in [0.1, 0.15) is 18.3 Å². The maximum Gasteiger partial charge on any atom is 0.311 e. The molecule has 156 valence electrons. The summed E-state index contributed by atoms with van der Waals surface area (Å²) in [4.78, 5) is 21.7. The summed E-state index contributed by atoms with van der Waals surface area (Å²) in [5.41, 5.74) is 2.10. The van der Waals surface area contributed by atoms with Crippen LogP contribution < -0.4 is 0 Å². The highest BCUT2D eigenvalue weighted by molar-refractivity contribution is 5.86. The van der Waals surface area contributed by atoms with Gasteiger partial charge in [-0.15, -0.1) is 0 Å². The first-order valence-corrected chi connectivity index (χ1v) is 8.99. The van der Waals surface area contributed by atoms with E-state index in [0.29, 0.717) is 34.4 Å². The van der Waals surface area contributed by atoms with E-state index < -0.39 is 5.97 Å². The number of nitrogens with zero attached hydrogens (tertiary/aromatic N) is 2. The number of carbonyl (C=O) groups is 2. The molecule has 0 aliphatic heterocycles. The monoisotopic (exact) mass is 416 g/mol. The average Bonchev–Trinajstić information content (AvgIpc) is 3.25. The molecule has 0 amide bonds. The van der Waals surface area contributed by atoms with Gasteiger partial charge in [-0.25, -0.2) is 8.78 Å². The molecule has 0 aliphatic rings. The Bertz CT molecular complexity index is 1200. The van der Waals surface area contributed by atoms with Crippen LogP contribution in [-0.4, -0.2) is 44.0 Å². The summed E-state index contributed by atoms with van der Waals surface area (Å²) in [6, 6.07) is 8.32. The van der Waals surface area contributed by atoms with Crippen LogP contribution in [-0.2, 0) is 27.2 Å². The van der Waals surface area contributed by atoms with Gasteiger partial charge in [-0.3, -0.25) is 19.8 Å². The van der Waals surface area contributed by atoms with Crippen LogP contribution in [0.5, 0.6) is 0 Å². The van der Waals surface area contributed by atoms with E-state index in [0.717, 1.165) is 5.39 Å². The predicted molar refractivity (Wildman–Crippen MR) is 104 cm³/mol. The van der Waals surface area contributed by atoms with Gasteiger partial charge in [0, 0.05) is 22.9 Å². The number of carboxylic acids is 1. The molecule has 2 aromatic heterocycles. The van der Waals surface area contributed by atoms with E-state index in [1.165, 1.54) is 30.3 Å². The molecule has 0 radical (unpaired) electrons. The van der Waals surface area contributed by atoms with Crippen molar-refractivity contribution in [2.45, 2.75) is 19.8 Å². The Morgan fingerprint density at radius 1 is 0.933 bits per heavy atom. The molecule has 8 nitrogen and oxygen atoms in total. The molecule has 2 heterocycles. The van der Waals surface area contributed by atoms with Gasteiger partial charge in [-0.2, -0.15) is 10.2 Å². The van der Waals surface area contributed by atoms with E-state index in [-0.39, 0.29) is 30.4 Å². The zero-order chi connectivity index (χ0) is 21.7. The summed E-state index contributed by atoms with van der Waals surface area (Å²) in [6.45, 7) is 2.10. The van der Waals surface area contributed by atoms with Crippen molar-refractivity contribution in [2.24, 2.45) is 0 Å². The number of ether oxygens (including phenoxy) is 1. The zero-order valence-electron chi connectivity index (χ0n) is 15.9. The van der Waals surface area contributed by atoms with Crippen LogP contribution in [0.3, 0.4) is 0 Å². The maximum atomic E-state index is 12.9. The van der Waals surface area contributed by atoms with E-state index in [4.69, 9.17) is 9.84 Å². The van der Waals surface area contributed by atoms with Gasteiger partial charge in [0.2, 0.25) is 0 Å². The Labute approximate surface area is 168 Å².